The van der Waals surface area contributed by atoms with E-state index in [9.17, 15) is 0 Å². The molecule has 0 saturated heterocycles. The van der Waals surface area contributed by atoms with Crippen molar-refractivity contribution in [3.8, 4) is 22.9 Å². The molecule has 0 saturated carbocycles. The Morgan fingerprint density at radius 3 is 1.82 bits per heavy atom. The zero-order chi connectivity index (χ0) is 33.0. The van der Waals surface area contributed by atoms with Gasteiger partial charge in [-0.15, -0.1) is 0 Å². The van der Waals surface area contributed by atoms with Crippen LogP contribution in [0.1, 0.15) is 11.1 Å². The number of nitrogens with zero attached hydrogens (tertiary/aromatic N) is 4. The molecule has 9 aromatic rings. The fourth-order valence-corrected chi connectivity index (χ4v) is 7.52. The minimum absolute atomic E-state index is 0.651. The predicted molar refractivity (Wildman–Crippen MR) is 207 cm³/mol. The lowest BCUT2D eigenvalue weighted by Crippen LogP contribution is -2.18. The summed E-state index contributed by atoms with van der Waals surface area (Å²) in [5, 5.41) is 8.44. The number of hydrogen-bond donors (Lipinski definition) is 1. The van der Waals surface area contributed by atoms with Crippen LogP contribution in [-0.2, 0) is 0 Å². The molecule has 0 aliphatic carbocycles. The molecule has 0 spiro atoms. The number of benzene rings is 6. The maximum absolute atomic E-state index is 5.18. The van der Waals surface area contributed by atoms with Crippen molar-refractivity contribution in [2.24, 2.45) is 0 Å². The van der Waals surface area contributed by atoms with E-state index in [1.807, 2.05) is 18.3 Å². The van der Waals surface area contributed by atoms with E-state index >= 15 is 0 Å². The molecule has 3 aromatic heterocycles. The number of hydrogen-bond acceptors (Lipinski definition) is 3. The highest BCUT2D eigenvalue weighted by atomic mass is 15.2. The third-order valence-corrected chi connectivity index (χ3v) is 9.87. The second-order valence-electron chi connectivity index (χ2n) is 12.7. The van der Waals surface area contributed by atoms with Crippen LogP contribution in [-0.4, -0.2) is 25.6 Å². The van der Waals surface area contributed by atoms with Crippen molar-refractivity contribution in [2.75, 3.05) is 6.54 Å². The van der Waals surface area contributed by atoms with Gasteiger partial charge in [0, 0.05) is 51.2 Å². The summed E-state index contributed by atoms with van der Waals surface area (Å²) in [5.41, 5.74) is 12.3. The number of aromatic nitrogens is 4. The Labute approximate surface area is 289 Å². The van der Waals surface area contributed by atoms with E-state index in [1.54, 1.807) is 0 Å². The van der Waals surface area contributed by atoms with Crippen LogP contribution in [0.25, 0.3) is 77.8 Å². The molecule has 0 fully saturated rings. The average molecular weight is 642 g/mol. The molecule has 0 atom stereocenters. The molecule has 10 rings (SSSR count). The maximum Gasteiger partial charge on any atom is 0.235 e. The Balaban J connectivity index is 1.07. The summed E-state index contributed by atoms with van der Waals surface area (Å²) in [6.07, 6.45) is 6.25. The fraction of sp³-hybridized carbons (Fsp3) is 0.0222. The van der Waals surface area contributed by atoms with Gasteiger partial charge in [-0.25, -0.2) is 9.97 Å². The van der Waals surface area contributed by atoms with Gasteiger partial charge in [-0.3, -0.25) is 4.57 Å². The van der Waals surface area contributed by atoms with Gasteiger partial charge in [-0.2, -0.15) is 0 Å². The van der Waals surface area contributed by atoms with Crippen molar-refractivity contribution in [1.29, 1.82) is 0 Å². The molecule has 5 heteroatoms. The molecule has 1 N–H and O–H groups in total. The first kappa shape index (κ1) is 28.3. The van der Waals surface area contributed by atoms with Crippen molar-refractivity contribution in [1.82, 2.24) is 24.4 Å². The van der Waals surface area contributed by atoms with Gasteiger partial charge in [-0.05, 0) is 71.3 Å². The van der Waals surface area contributed by atoms with Gasteiger partial charge >= 0.3 is 0 Å². The van der Waals surface area contributed by atoms with E-state index in [0.29, 0.717) is 5.95 Å². The van der Waals surface area contributed by atoms with Gasteiger partial charge in [0.25, 0.3) is 0 Å². The molecule has 0 bridgehead atoms. The maximum atomic E-state index is 5.18. The van der Waals surface area contributed by atoms with E-state index in [-0.39, 0.29) is 0 Å². The van der Waals surface area contributed by atoms with Crippen molar-refractivity contribution in [3.63, 3.8) is 0 Å². The molecule has 0 radical (unpaired) electrons. The van der Waals surface area contributed by atoms with Gasteiger partial charge in [0.15, 0.2) is 0 Å². The van der Waals surface area contributed by atoms with E-state index in [4.69, 9.17) is 9.97 Å². The molecule has 0 unspecified atom stereocenters. The van der Waals surface area contributed by atoms with Crippen LogP contribution < -0.4 is 5.32 Å². The van der Waals surface area contributed by atoms with Crippen molar-refractivity contribution in [3.05, 3.63) is 181 Å². The van der Waals surface area contributed by atoms with Crippen molar-refractivity contribution in [2.45, 2.75) is 0 Å². The van der Waals surface area contributed by atoms with Crippen LogP contribution in [0, 0.1) is 0 Å². The van der Waals surface area contributed by atoms with Gasteiger partial charge in [0.1, 0.15) is 0 Å². The number of nitrogens with one attached hydrogen (secondary N) is 1. The van der Waals surface area contributed by atoms with E-state index < -0.39 is 0 Å². The van der Waals surface area contributed by atoms with Crippen molar-refractivity contribution < 1.29 is 0 Å². The average Bonchev–Trinajstić information content (AvgIpc) is 3.71. The van der Waals surface area contributed by atoms with Gasteiger partial charge in [0.2, 0.25) is 5.95 Å². The highest BCUT2D eigenvalue weighted by Gasteiger charge is 2.18. The zero-order valence-electron chi connectivity index (χ0n) is 27.2. The summed E-state index contributed by atoms with van der Waals surface area (Å²) >= 11 is 0. The highest BCUT2D eigenvalue weighted by molar-refractivity contribution is 6.12. The van der Waals surface area contributed by atoms with Crippen LogP contribution in [0.4, 0.5) is 0 Å². The summed E-state index contributed by atoms with van der Waals surface area (Å²) in [4.78, 5) is 10.0. The lowest BCUT2D eigenvalue weighted by atomic mass is 9.98. The standard InChI is InChI=1S/C45H31N5/c1-2-11-30(12-3-1)39-23-21-33(29-47-39)31-13-10-14-32(27-31)40-25-26-46-45(48-40)50-43-20-9-6-17-37(43)38-28-34(22-24-44(38)50)49-41-18-7-4-15-35(41)36-16-5-8-19-42(36)49/h1-28,47H,29H2. The van der Waals surface area contributed by atoms with Crippen LogP contribution in [0.5, 0.6) is 0 Å². The third kappa shape index (κ3) is 4.55. The van der Waals surface area contributed by atoms with Crippen LogP contribution in [0.2, 0.25) is 0 Å². The number of allylic oxidation sites excluding steroid dienone is 2. The van der Waals surface area contributed by atoms with Gasteiger partial charge < -0.3 is 9.88 Å². The first-order valence-corrected chi connectivity index (χ1v) is 17.0. The Kier molecular flexibility index (Phi) is 6.49. The second-order valence-corrected chi connectivity index (χ2v) is 12.7. The van der Waals surface area contributed by atoms with E-state index in [0.717, 1.165) is 45.6 Å². The number of dihydropyridines is 1. The molecular formula is C45H31N5. The largest absolute Gasteiger partial charge is 0.380 e. The van der Waals surface area contributed by atoms with Gasteiger partial charge in [0.05, 0.1) is 27.8 Å². The smallest absolute Gasteiger partial charge is 0.235 e. The Bertz CT molecular complexity index is 2760. The number of fused-ring (bicyclic) bond motifs is 6. The molecule has 0 amide bonds. The van der Waals surface area contributed by atoms with Crippen LogP contribution >= 0.6 is 0 Å². The number of rotatable bonds is 5. The molecule has 50 heavy (non-hydrogen) atoms. The van der Waals surface area contributed by atoms with Crippen molar-refractivity contribution >= 4 is 54.9 Å². The summed E-state index contributed by atoms with van der Waals surface area (Å²) in [5.74, 6) is 0.651. The van der Waals surface area contributed by atoms with Crippen LogP contribution in [0.15, 0.2) is 170 Å². The SMILES string of the molecule is C1=C(c2cccc(-c3ccnc(-n4c5ccccc5c5cc(-n6c7ccccc7c7ccccc76)ccc54)n3)c2)CNC(c2ccccc2)=C1. The second kappa shape index (κ2) is 11.5. The lowest BCUT2D eigenvalue weighted by Gasteiger charge is -2.18. The summed E-state index contributed by atoms with van der Waals surface area (Å²) in [6.45, 7) is 0.761. The lowest BCUT2D eigenvalue weighted by molar-refractivity contribution is 0.991. The normalized spacial score (nSPS) is 13.1. The van der Waals surface area contributed by atoms with E-state index in [2.05, 4.69) is 166 Å². The Morgan fingerprint density at radius 1 is 0.480 bits per heavy atom. The quantitative estimate of drug-likeness (QED) is 0.203. The molecule has 236 valence electrons. The molecule has 1 aliphatic heterocycles. The minimum atomic E-state index is 0.651. The monoisotopic (exact) mass is 641 g/mol. The Morgan fingerprint density at radius 2 is 1.10 bits per heavy atom. The van der Waals surface area contributed by atoms with E-state index in [1.165, 1.54) is 43.9 Å². The number of para-hydroxylation sites is 3. The highest BCUT2D eigenvalue weighted by Crippen LogP contribution is 2.36. The predicted octanol–water partition coefficient (Wildman–Crippen LogP) is 10.4. The first-order valence-electron chi connectivity index (χ1n) is 17.0. The first-order chi connectivity index (χ1) is 24.8. The molecule has 6 aromatic carbocycles. The Hall–Kier alpha value is -6.72. The molecule has 1 aliphatic rings. The summed E-state index contributed by atoms with van der Waals surface area (Å²) in [7, 11) is 0. The zero-order valence-corrected chi connectivity index (χ0v) is 27.2. The summed E-state index contributed by atoms with van der Waals surface area (Å²) < 4.78 is 4.56. The van der Waals surface area contributed by atoms with Gasteiger partial charge in [-0.1, -0.05) is 109 Å². The molecule has 5 nitrogen and oxygen atoms in total. The molecular weight excluding hydrogens is 611 g/mol. The third-order valence-electron chi connectivity index (χ3n) is 9.87. The minimum Gasteiger partial charge on any atom is -0.380 e. The van der Waals surface area contributed by atoms with Crippen LogP contribution in [0.3, 0.4) is 0 Å². The summed E-state index contributed by atoms with van der Waals surface area (Å²) in [6, 6.07) is 53.7. The fourth-order valence-electron chi connectivity index (χ4n) is 7.52. The molecule has 4 heterocycles. The topological polar surface area (TPSA) is 47.7 Å².